The summed E-state index contributed by atoms with van der Waals surface area (Å²) in [6.45, 7) is 3.73. The van der Waals surface area contributed by atoms with Crippen molar-refractivity contribution in [3.05, 3.63) is 23.8 Å². The van der Waals surface area contributed by atoms with Gasteiger partial charge in [-0.2, -0.15) is 0 Å². The predicted octanol–water partition coefficient (Wildman–Crippen LogP) is 2.72. The Morgan fingerprint density at radius 3 is 3.00 bits per heavy atom. The van der Waals surface area contributed by atoms with Gasteiger partial charge in [0.1, 0.15) is 0 Å². The molecule has 3 atom stereocenters. The average Bonchev–Trinajstić information content (AvgIpc) is 3.07. The van der Waals surface area contributed by atoms with Crippen LogP contribution in [0.25, 0.3) is 0 Å². The summed E-state index contributed by atoms with van der Waals surface area (Å²) in [5.74, 6) is 1.57. The van der Waals surface area contributed by atoms with Gasteiger partial charge < -0.3 is 9.47 Å². The van der Waals surface area contributed by atoms with Crippen LogP contribution in [-0.4, -0.2) is 26.3 Å². The van der Waals surface area contributed by atoms with E-state index in [-0.39, 0.29) is 5.97 Å². The maximum absolute atomic E-state index is 11.1. The quantitative estimate of drug-likeness (QED) is 0.680. The van der Waals surface area contributed by atoms with Crippen molar-refractivity contribution in [2.75, 3.05) is 20.3 Å². The van der Waals surface area contributed by atoms with Crippen LogP contribution in [-0.2, 0) is 14.3 Å². The van der Waals surface area contributed by atoms with E-state index in [0.717, 1.165) is 26.1 Å². The summed E-state index contributed by atoms with van der Waals surface area (Å²) < 4.78 is 10.4. The van der Waals surface area contributed by atoms with Crippen LogP contribution in [0.4, 0.5) is 0 Å². The second-order valence-corrected chi connectivity index (χ2v) is 5.44. The molecule has 0 bridgehead atoms. The molecule has 1 fully saturated rings. The van der Waals surface area contributed by atoms with E-state index in [1.165, 1.54) is 12.7 Å². The van der Waals surface area contributed by atoms with Crippen molar-refractivity contribution in [3.8, 4) is 0 Å². The molecule has 0 saturated heterocycles. The van der Waals surface area contributed by atoms with E-state index in [4.69, 9.17) is 4.74 Å². The number of hydrogen-bond donors (Lipinski definition) is 0. The van der Waals surface area contributed by atoms with Crippen molar-refractivity contribution in [1.82, 2.24) is 0 Å². The number of carbonyl (C=O) groups is 1. The Morgan fingerprint density at radius 2 is 2.28 bits per heavy atom. The smallest absolute Gasteiger partial charge is 0.305 e. The summed E-state index contributed by atoms with van der Waals surface area (Å²) in [7, 11) is 1.44. The fourth-order valence-corrected chi connectivity index (χ4v) is 2.44. The van der Waals surface area contributed by atoms with Crippen molar-refractivity contribution < 1.29 is 14.3 Å². The Hall–Kier alpha value is -1.09. The minimum Gasteiger partial charge on any atom is -0.469 e. The fraction of sp³-hybridized carbons (Fsp3) is 0.667. The number of methoxy groups -OCH3 is 1. The molecule has 3 heteroatoms. The lowest BCUT2D eigenvalue weighted by molar-refractivity contribution is -0.141. The van der Waals surface area contributed by atoms with Crippen LogP contribution >= 0.6 is 0 Å². The summed E-state index contributed by atoms with van der Waals surface area (Å²) in [6.07, 6.45) is 9.24. The molecule has 0 aromatic carbocycles. The number of esters is 1. The zero-order valence-electron chi connectivity index (χ0n) is 11.2. The molecular formula is C15H22O3. The van der Waals surface area contributed by atoms with Crippen LogP contribution in [0.3, 0.4) is 0 Å². The van der Waals surface area contributed by atoms with Gasteiger partial charge in [0, 0.05) is 6.42 Å². The van der Waals surface area contributed by atoms with Gasteiger partial charge in [0.15, 0.2) is 0 Å². The molecule has 0 amide bonds. The number of ether oxygens (including phenoxy) is 2. The summed E-state index contributed by atoms with van der Waals surface area (Å²) in [4.78, 5) is 11.1. The molecule has 1 unspecified atom stereocenters. The molecular weight excluding hydrogens is 228 g/mol. The lowest BCUT2D eigenvalue weighted by Gasteiger charge is -2.14. The van der Waals surface area contributed by atoms with Crippen molar-refractivity contribution in [3.63, 3.8) is 0 Å². The predicted molar refractivity (Wildman–Crippen MR) is 70.1 cm³/mol. The van der Waals surface area contributed by atoms with Crippen LogP contribution in [0.5, 0.6) is 0 Å². The molecule has 18 heavy (non-hydrogen) atoms. The highest BCUT2D eigenvalue weighted by Gasteiger charge is 2.38. The maximum Gasteiger partial charge on any atom is 0.305 e. The van der Waals surface area contributed by atoms with E-state index in [2.05, 4.69) is 29.9 Å². The van der Waals surface area contributed by atoms with Crippen molar-refractivity contribution >= 4 is 5.97 Å². The summed E-state index contributed by atoms with van der Waals surface area (Å²) in [5.41, 5.74) is 1.37. The highest BCUT2D eigenvalue weighted by molar-refractivity contribution is 5.69. The summed E-state index contributed by atoms with van der Waals surface area (Å²) in [5, 5.41) is 0. The zero-order valence-corrected chi connectivity index (χ0v) is 11.2. The highest BCUT2D eigenvalue weighted by atomic mass is 16.5. The van der Waals surface area contributed by atoms with E-state index in [9.17, 15) is 4.79 Å². The Balaban J connectivity index is 1.59. The van der Waals surface area contributed by atoms with Gasteiger partial charge in [0.05, 0.1) is 20.3 Å². The van der Waals surface area contributed by atoms with Gasteiger partial charge in [-0.25, -0.2) is 0 Å². The van der Waals surface area contributed by atoms with Crippen LogP contribution in [0.15, 0.2) is 23.8 Å². The van der Waals surface area contributed by atoms with Crippen molar-refractivity contribution in [2.45, 2.75) is 26.2 Å². The third kappa shape index (κ3) is 3.98. The van der Waals surface area contributed by atoms with E-state index in [0.29, 0.717) is 24.2 Å². The Bertz CT molecular complexity index is 357. The van der Waals surface area contributed by atoms with Gasteiger partial charge in [-0.1, -0.05) is 25.2 Å². The first kappa shape index (κ1) is 13.3. The van der Waals surface area contributed by atoms with E-state index >= 15 is 0 Å². The largest absolute Gasteiger partial charge is 0.469 e. The number of hydrogen-bond acceptors (Lipinski definition) is 3. The van der Waals surface area contributed by atoms with Crippen LogP contribution in [0.1, 0.15) is 26.2 Å². The van der Waals surface area contributed by atoms with E-state index < -0.39 is 0 Å². The minimum absolute atomic E-state index is 0.101. The molecule has 0 heterocycles. The molecule has 0 aromatic heterocycles. The SMILES string of the molecule is COC(=O)C[C@H]1C[C@@H]1COCC1=CC=CC(C)C1. The molecule has 3 nitrogen and oxygen atoms in total. The first-order valence-electron chi connectivity index (χ1n) is 6.70. The van der Waals surface area contributed by atoms with E-state index in [1.807, 2.05) is 0 Å². The van der Waals surface area contributed by atoms with Gasteiger partial charge >= 0.3 is 5.97 Å². The molecule has 0 aromatic rings. The van der Waals surface area contributed by atoms with Gasteiger partial charge in [0.2, 0.25) is 0 Å². The first-order chi connectivity index (χ1) is 8.69. The number of rotatable bonds is 6. The summed E-state index contributed by atoms with van der Waals surface area (Å²) >= 11 is 0. The van der Waals surface area contributed by atoms with Crippen LogP contribution in [0, 0.1) is 17.8 Å². The zero-order chi connectivity index (χ0) is 13.0. The molecule has 2 rings (SSSR count). The van der Waals surface area contributed by atoms with E-state index in [1.54, 1.807) is 0 Å². The highest BCUT2D eigenvalue weighted by Crippen LogP contribution is 2.41. The Kier molecular flexibility index (Phi) is 4.59. The third-order valence-corrected chi connectivity index (χ3v) is 3.70. The lowest BCUT2D eigenvalue weighted by atomic mass is 9.97. The fourth-order valence-electron chi connectivity index (χ4n) is 2.44. The topological polar surface area (TPSA) is 35.5 Å². The van der Waals surface area contributed by atoms with Crippen molar-refractivity contribution in [2.24, 2.45) is 17.8 Å². The van der Waals surface area contributed by atoms with Crippen LogP contribution in [0.2, 0.25) is 0 Å². The standard InChI is InChI=1S/C15H22O3/c1-11-4-3-5-12(6-11)9-18-10-14-7-13(14)8-15(16)17-2/h3-5,11,13-14H,6-10H2,1-2H3/t11?,13-,14-/m1/s1. The van der Waals surface area contributed by atoms with Gasteiger partial charge in [-0.05, 0) is 36.2 Å². The minimum atomic E-state index is -0.101. The molecule has 0 spiro atoms. The molecule has 1 saturated carbocycles. The monoisotopic (exact) mass is 250 g/mol. The number of allylic oxidation sites excluding steroid dienone is 3. The van der Waals surface area contributed by atoms with Crippen LogP contribution < -0.4 is 0 Å². The average molecular weight is 250 g/mol. The van der Waals surface area contributed by atoms with Crippen molar-refractivity contribution in [1.29, 1.82) is 0 Å². The molecule has 0 N–H and O–H groups in total. The van der Waals surface area contributed by atoms with Gasteiger partial charge in [-0.15, -0.1) is 0 Å². The van der Waals surface area contributed by atoms with Gasteiger partial charge in [0.25, 0.3) is 0 Å². The molecule has 2 aliphatic rings. The Morgan fingerprint density at radius 1 is 1.44 bits per heavy atom. The molecule has 0 radical (unpaired) electrons. The lowest BCUT2D eigenvalue weighted by Crippen LogP contribution is -2.08. The first-order valence-corrected chi connectivity index (χ1v) is 6.70. The normalized spacial score (nSPS) is 29.9. The molecule has 2 aliphatic carbocycles. The summed E-state index contributed by atoms with van der Waals surface area (Å²) in [6, 6.07) is 0. The Labute approximate surface area is 109 Å². The van der Waals surface area contributed by atoms with Gasteiger partial charge in [-0.3, -0.25) is 4.79 Å². The number of carbonyl (C=O) groups excluding carboxylic acids is 1. The second kappa shape index (κ2) is 6.19. The third-order valence-electron chi connectivity index (χ3n) is 3.70. The maximum atomic E-state index is 11.1. The molecule has 100 valence electrons. The second-order valence-electron chi connectivity index (χ2n) is 5.44. The molecule has 0 aliphatic heterocycles.